The Labute approximate surface area is 74.6 Å². The van der Waals surface area contributed by atoms with Gasteiger partial charge in [0.25, 0.3) is 0 Å². The first-order valence-electron chi connectivity index (χ1n) is 4.30. The van der Waals surface area contributed by atoms with Gasteiger partial charge in [0.1, 0.15) is 0 Å². The van der Waals surface area contributed by atoms with Gasteiger partial charge in [0.2, 0.25) is 0 Å². The van der Waals surface area contributed by atoms with E-state index in [2.05, 4.69) is 20.4 Å². The van der Waals surface area contributed by atoms with E-state index in [4.69, 9.17) is 4.74 Å². The van der Waals surface area contributed by atoms with Crippen molar-refractivity contribution < 1.29 is 9.53 Å². The van der Waals surface area contributed by atoms with Crippen LogP contribution in [0.15, 0.2) is 12.2 Å². The molecular formula is C10H18O2. The fourth-order valence-corrected chi connectivity index (χ4v) is 0.995. The summed E-state index contributed by atoms with van der Waals surface area (Å²) in [4.78, 5) is 11.0. The van der Waals surface area contributed by atoms with Gasteiger partial charge in [0.15, 0.2) is 0 Å². The van der Waals surface area contributed by atoms with Crippen LogP contribution in [0.2, 0.25) is 0 Å². The lowest BCUT2D eigenvalue weighted by molar-refractivity contribution is -0.143. The minimum absolute atomic E-state index is 0.00537. The topological polar surface area (TPSA) is 26.3 Å². The number of ether oxygens (including phenoxy) is 1. The normalized spacial score (nSPS) is 12.8. The molecular weight excluding hydrogens is 152 g/mol. The van der Waals surface area contributed by atoms with Gasteiger partial charge in [-0.05, 0) is 26.2 Å². The molecule has 0 aliphatic heterocycles. The minimum atomic E-state index is -0.289. The van der Waals surface area contributed by atoms with Crippen LogP contribution in [0.25, 0.3) is 0 Å². The second kappa shape index (κ2) is 4.96. The number of carbonyl (C=O) groups is 1. The lowest BCUT2D eigenvalue weighted by Crippen LogP contribution is -2.16. The Bertz CT molecular complexity index is 171. The van der Waals surface area contributed by atoms with Gasteiger partial charge in [-0.3, -0.25) is 0 Å². The zero-order chi connectivity index (χ0) is 9.72. The van der Waals surface area contributed by atoms with Crippen LogP contribution >= 0.6 is 0 Å². The monoisotopic (exact) mass is 170 g/mol. The van der Waals surface area contributed by atoms with E-state index in [1.807, 2.05) is 6.92 Å². The molecule has 0 bridgehead atoms. The number of hydrogen-bond donors (Lipinski definition) is 0. The molecule has 1 unspecified atom stereocenters. The molecule has 0 aromatic carbocycles. The Morgan fingerprint density at radius 1 is 1.42 bits per heavy atom. The average molecular weight is 170 g/mol. The highest BCUT2D eigenvalue weighted by molar-refractivity contribution is 5.87. The molecule has 0 rings (SSSR count). The predicted octanol–water partition coefficient (Wildman–Crippen LogP) is 2.54. The molecule has 0 heterocycles. The standard InChI is InChI=1S/C10H18O2/c1-7(2)6-9(5)12-10(11)8(3)4/h7,9H,3,6H2,1-2,4-5H3. The fourth-order valence-electron chi connectivity index (χ4n) is 0.995. The lowest BCUT2D eigenvalue weighted by Gasteiger charge is -2.14. The molecule has 0 radical (unpaired) electrons. The van der Waals surface area contributed by atoms with Crippen molar-refractivity contribution in [2.75, 3.05) is 0 Å². The Balaban J connectivity index is 3.76. The van der Waals surface area contributed by atoms with Crippen molar-refractivity contribution in [1.82, 2.24) is 0 Å². The Morgan fingerprint density at radius 3 is 2.25 bits per heavy atom. The summed E-state index contributed by atoms with van der Waals surface area (Å²) < 4.78 is 5.08. The molecule has 0 amide bonds. The van der Waals surface area contributed by atoms with Gasteiger partial charge in [-0.1, -0.05) is 20.4 Å². The molecule has 0 N–H and O–H groups in total. The molecule has 2 heteroatoms. The lowest BCUT2D eigenvalue weighted by atomic mass is 10.1. The van der Waals surface area contributed by atoms with Gasteiger partial charge < -0.3 is 4.74 Å². The third-order valence-electron chi connectivity index (χ3n) is 1.46. The van der Waals surface area contributed by atoms with Crippen molar-refractivity contribution in [2.24, 2.45) is 5.92 Å². The van der Waals surface area contributed by atoms with Crippen molar-refractivity contribution in [3.05, 3.63) is 12.2 Å². The van der Waals surface area contributed by atoms with Crippen molar-refractivity contribution in [3.63, 3.8) is 0 Å². The quantitative estimate of drug-likeness (QED) is 0.478. The minimum Gasteiger partial charge on any atom is -0.459 e. The average Bonchev–Trinajstić information content (AvgIpc) is 1.84. The summed E-state index contributed by atoms with van der Waals surface area (Å²) in [7, 11) is 0. The van der Waals surface area contributed by atoms with Crippen LogP contribution < -0.4 is 0 Å². The summed E-state index contributed by atoms with van der Waals surface area (Å²) in [5.74, 6) is 0.265. The summed E-state index contributed by atoms with van der Waals surface area (Å²) in [6.07, 6.45) is 0.896. The van der Waals surface area contributed by atoms with E-state index in [0.717, 1.165) is 6.42 Å². The van der Waals surface area contributed by atoms with E-state index < -0.39 is 0 Å². The third-order valence-corrected chi connectivity index (χ3v) is 1.46. The summed E-state index contributed by atoms with van der Waals surface area (Å²) in [5.41, 5.74) is 0.464. The second-order valence-electron chi connectivity index (χ2n) is 3.63. The highest BCUT2D eigenvalue weighted by Gasteiger charge is 2.10. The first-order valence-corrected chi connectivity index (χ1v) is 4.30. The highest BCUT2D eigenvalue weighted by atomic mass is 16.5. The summed E-state index contributed by atoms with van der Waals surface area (Å²) in [6, 6.07) is 0. The molecule has 0 saturated heterocycles. The smallest absolute Gasteiger partial charge is 0.333 e. The van der Waals surface area contributed by atoms with E-state index >= 15 is 0 Å². The highest BCUT2D eigenvalue weighted by Crippen LogP contribution is 2.08. The molecule has 0 aromatic heterocycles. The van der Waals surface area contributed by atoms with E-state index in [9.17, 15) is 4.79 Å². The molecule has 0 aliphatic carbocycles. The summed E-state index contributed by atoms with van der Waals surface area (Å²) >= 11 is 0. The Kier molecular flexibility index (Phi) is 4.64. The van der Waals surface area contributed by atoms with Gasteiger partial charge in [0, 0.05) is 5.57 Å². The first-order chi connectivity index (χ1) is 5.43. The summed E-state index contributed by atoms with van der Waals surface area (Å²) in [5, 5.41) is 0. The van der Waals surface area contributed by atoms with Crippen LogP contribution in [0.4, 0.5) is 0 Å². The maximum Gasteiger partial charge on any atom is 0.333 e. The van der Waals surface area contributed by atoms with Crippen molar-refractivity contribution in [2.45, 2.75) is 40.2 Å². The van der Waals surface area contributed by atoms with E-state index in [-0.39, 0.29) is 12.1 Å². The molecule has 0 spiro atoms. The van der Waals surface area contributed by atoms with Gasteiger partial charge in [0.05, 0.1) is 6.10 Å². The van der Waals surface area contributed by atoms with Gasteiger partial charge in [-0.15, -0.1) is 0 Å². The van der Waals surface area contributed by atoms with E-state index in [0.29, 0.717) is 11.5 Å². The molecule has 0 fully saturated rings. The van der Waals surface area contributed by atoms with Gasteiger partial charge in [-0.2, -0.15) is 0 Å². The van der Waals surface area contributed by atoms with E-state index in [1.54, 1.807) is 6.92 Å². The largest absolute Gasteiger partial charge is 0.459 e. The molecule has 12 heavy (non-hydrogen) atoms. The molecule has 1 atom stereocenters. The zero-order valence-corrected chi connectivity index (χ0v) is 8.39. The maximum atomic E-state index is 11.0. The van der Waals surface area contributed by atoms with Crippen molar-refractivity contribution >= 4 is 5.97 Å². The third kappa shape index (κ3) is 4.94. The molecule has 0 aromatic rings. The predicted molar refractivity (Wildman–Crippen MR) is 49.8 cm³/mol. The van der Waals surface area contributed by atoms with Crippen LogP contribution in [0.1, 0.15) is 34.1 Å². The molecule has 70 valence electrons. The van der Waals surface area contributed by atoms with Crippen LogP contribution in [0.3, 0.4) is 0 Å². The van der Waals surface area contributed by atoms with Crippen LogP contribution in [0, 0.1) is 5.92 Å². The fraction of sp³-hybridized carbons (Fsp3) is 0.700. The van der Waals surface area contributed by atoms with Crippen molar-refractivity contribution in [3.8, 4) is 0 Å². The molecule has 0 aliphatic rings. The van der Waals surface area contributed by atoms with Crippen LogP contribution in [0.5, 0.6) is 0 Å². The number of esters is 1. The second-order valence-corrected chi connectivity index (χ2v) is 3.63. The SMILES string of the molecule is C=C(C)C(=O)OC(C)CC(C)C. The van der Waals surface area contributed by atoms with Crippen LogP contribution in [-0.4, -0.2) is 12.1 Å². The zero-order valence-electron chi connectivity index (χ0n) is 8.39. The molecule has 0 saturated carbocycles. The van der Waals surface area contributed by atoms with Crippen molar-refractivity contribution in [1.29, 1.82) is 0 Å². The molecule has 2 nitrogen and oxygen atoms in total. The first kappa shape index (κ1) is 11.2. The van der Waals surface area contributed by atoms with Gasteiger partial charge >= 0.3 is 5.97 Å². The van der Waals surface area contributed by atoms with E-state index in [1.165, 1.54) is 0 Å². The Morgan fingerprint density at radius 2 is 1.92 bits per heavy atom. The summed E-state index contributed by atoms with van der Waals surface area (Å²) in [6.45, 7) is 11.3. The number of rotatable bonds is 4. The van der Waals surface area contributed by atoms with Gasteiger partial charge in [-0.25, -0.2) is 4.79 Å². The number of hydrogen-bond acceptors (Lipinski definition) is 2. The Hall–Kier alpha value is -0.790. The van der Waals surface area contributed by atoms with Crippen LogP contribution in [-0.2, 0) is 9.53 Å². The maximum absolute atomic E-state index is 11.0. The number of carbonyl (C=O) groups excluding carboxylic acids is 1.